The second-order valence-corrected chi connectivity index (χ2v) is 7.44. The molecule has 3 rings (SSSR count). The van der Waals surface area contributed by atoms with Crippen LogP contribution in [-0.4, -0.2) is 6.61 Å². The summed E-state index contributed by atoms with van der Waals surface area (Å²) in [5, 5.41) is 4.71. The molecule has 0 saturated carbocycles. The third kappa shape index (κ3) is 5.92. The predicted octanol–water partition coefficient (Wildman–Crippen LogP) is 7.38. The summed E-state index contributed by atoms with van der Waals surface area (Å²) >= 11 is 18.5. The molecule has 0 aliphatic rings. The highest BCUT2D eigenvalue weighted by Crippen LogP contribution is 2.35. The number of halogens is 4. The molecular formula is C22H19Cl3FNO2. The minimum Gasteiger partial charge on any atom is -0.490 e. The van der Waals surface area contributed by atoms with Gasteiger partial charge >= 0.3 is 0 Å². The summed E-state index contributed by atoms with van der Waals surface area (Å²) in [7, 11) is 0. The fourth-order valence-corrected chi connectivity index (χ4v) is 3.19. The number of nitrogens with one attached hydrogen (secondary N) is 1. The maximum absolute atomic E-state index is 13.0. The average Bonchev–Trinajstić information content (AvgIpc) is 2.70. The first-order valence-electron chi connectivity index (χ1n) is 8.97. The molecule has 0 aliphatic carbocycles. The van der Waals surface area contributed by atoms with Gasteiger partial charge in [-0.05, 0) is 60.5 Å². The molecule has 0 aliphatic heterocycles. The number of benzene rings is 3. The molecular weight excluding hydrogens is 436 g/mol. The molecule has 3 nitrogen and oxygen atoms in total. The summed E-state index contributed by atoms with van der Waals surface area (Å²) < 4.78 is 24.7. The molecule has 0 saturated heterocycles. The zero-order valence-corrected chi connectivity index (χ0v) is 17.9. The number of anilines is 1. The van der Waals surface area contributed by atoms with Crippen LogP contribution in [0.3, 0.4) is 0 Å². The van der Waals surface area contributed by atoms with E-state index in [0.29, 0.717) is 46.3 Å². The predicted molar refractivity (Wildman–Crippen MR) is 117 cm³/mol. The van der Waals surface area contributed by atoms with Crippen LogP contribution in [0.25, 0.3) is 0 Å². The fraction of sp³-hybridized carbons (Fsp3) is 0.182. The third-order valence-corrected chi connectivity index (χ3v) is 5.21. The minimum absolute atomic E-state index is 0.282. The number of hydrogen-bond acceptors (Lipinski definition) is 3. The van der Waals surface area contributed by atoms with Crippen LogP contribution >= 0.6 is 34.8 Å². The molecule has 3 aromatic carbocycles. The van der Waals surface area contributed by atoms with Gasteiger partial charge < -0.3 is 14.8 Å². The smallest absolute Gasteiger partial charge is 0.163 e. The van der Waals surface area contributed by atoms with Gasteiger partial charge in [-0.15, -0.1) is 0 Å². The van der Waals surface area contributed by atoms with Crippen LogP contribution in [0.2, 0.25) is 15.1 Å². The normalized spacial score (nSPS) is 10.7. The Labute approximate surface area is 184 Å². The fourth-order valence-electron chi connectivity index (χ4n) is 2.65. The van der Waals surface area contributed by atoms with E-state index in [2.05, 4.69) is 5.32 Å². The van der Waals surface area contributed by atoms with E-state index in [0.717, 1.165) is 16.8 Å². The molecule has 0 bridgehead atoms. The Morgan fingerprint density at radius 1 is 0.828 bits per heavy atom. The van der Waals surface area contributed by atoms with Gasteiger partial charge in [-0.3, -0.25) is 0 Å². The Bertz CT molecular complexity index is 981. The van der Waals surface area contributed by atoms with Gasteiger partial charge in [0, 0.05) is 23.3 Å². The van der Waals surface area contributed by atoms with Crippen LogP contribution in [0.5, 0.6) is 11.5 Å². The zero-order chi connectivity index (χ0) is 20.8. The Balaban J connectivity index is 1.74. The van der Waals surface area contributed by atoms with Crippen molar-refractivity contribution in [2.75, 3.05) is 11.9 Å². The Morgan fingerprint density at radius 2 is 1.55 bits per heavy atom. The van der Waals surface area contributed by atoms with Crippen molar-refractivity contribution in [3.05, 3.63) is 86.6 Å². The summed E-state index contributed by atoms with van der Waals surface area (Å²) in [6.07, 6.45) is 0. The first kappa shape index (κ1) is 21.6. The summed E-state index contributed by atoms with van der Waals surface area (Å²) in [6.45, 7) is 3.13. The molecule has 0 heterocycles. The molecule has 0 spiro atoms. The Morgan fingerprint density at radius 3 is 2.24 bits per heavy atom. The van der Waals surface area contributed by atoms with Crippen LogP contribution in [0.4, 0.5) is 10.1 Å². The van der Waals surface area contributed by atoms with Crippen LogP contribution in [-0.2, 0) is 13.2 Å². The second-order valence-electron chi connectivity index (χ2n) is 6.22. The summed E-state index contributed by atoms with van der Waals surface area (Å²) in [4.78, 5) is 0. The maximum atomic E-state index is 13.0. The molecule has 1 N–H and O–H groups in total. The van der Waals surface area contributed by atoms with E-state index in [4.69, 9.17) is 44.3 Å². The highest BCUT2D eigenvalue weighted by molar-refractivity contribution is 6.42. The van der Waals surface area contributed by atoms with Gasteiger partial charge in [0.1, 0.15) is 12.4 Å². The quantitative estimate of drug-likeness (QED) is 0.385. The van der Waals surface area contributed by atoms with Crippen molar-refractivity contribution >= 4 is 40.5 Å². The Hall–Kier alpha value is -2.14. The van der Waals surface area contributed by atoms with E-state index in [1.807, 2.05) is 19.1 Å². The lowest BCUT2D eigenvalue weighted by Crippen LogP contribution is -2.04. The van der Waals surface area contributed by atoms with Crippen molar-refractivity contribution in [3.63, 3.8) is 0 Å². The van der Waals surface area contributed by atoms with E-state index < -0.39 is 0 Å². The van der Waals surface area contributed by atoms with E-state index in [9.17, 15) is 4.39 Å². The number of hydrogen-bond donors (Lipinski definition) is 1. The van der Waals surface area contributed by atoms with Crippen molar-refractivity contribution in [3.8, 4) is 11.5 Å². The maximum Gasteiger partial charge on any atom is 0.163 e. The molecule has 152 valence electrons. The average molecular weight is 455 g/mol. The van der Waals surface area contributed by atoms with Gasteiger partial charge in [-0.1, -0.05) is 40.9 Å². The van der Waals surface area contributed by atoms with E-state index >= 15 is 0 Å². The van der Waals surface area contributed by atoms with Crippen molar-refractivity contribution < 1.29 is 13.9 Å². The largest absolute Gasteiger partial charge is 0.490 e. The van der Waals surface area contributed by atoms with Gasteiger partial charge in [0.05, 0.1) is 16.7 Å². The van der Waals surface area contributed by atoms with Crippen LogP contribution in [0.15, 0.2) is 54.6 Å². The molecule has 0 radical (unpaired) electrons. The topological polar surface area (TPSA) is 30.5 Å². The van der Waals surface area contributed by atoms with E-state index in [1.54, 1.807) is 30.3 Å². The van der Waals surface area contributed by atoms with Crippen molar-refractivity contribution in [1.82, 2.24) is 0 Å². The summed E-state index contributed by atoms with van der Waals surface area (Å²) in [6, 6.07) is 15.0. The minimum atomic E-state index is -0.282. The summed E-state index contributed by atoms with van der Waals surface area (Å²) in [5.41, 5.74) is 2.50. The van der Waals surface area contributed by atoms with Gasteiger partial charge in [0.25, 0.3) is 0 Å². The zero-order valence-electron chi connectivity index (χ0n) is 15.6. The lowest BCUT2D eigenvalue weighted by atomic mass is 10.2. The lowest BCUT2D eigenvalue weighted by molar-refractivity contribution is 0.269. The molecule has 0 fully saturated rings. The molecule has 29 heavy (non-hydrogen) atoms. The van der Waals surface area contributed by atoms with Crippen molar-refractivity contribution in [2.24, 2.45) is 0 Å². The monoisotopic (exact) mass is 453 g/mol. The summed E-state index contributed by atoms with van der Waals surface area (Å²) in [5.74, 6) is 0.844. The highest BCUT2D eigenvalue weighted by atomic mass is 35.5. The standard InChI is InChI=1S/C22H19Cl3FNO2/c1-2-28-21-10-15(12-27-17-6-4-16(26)5-7-17)19(24)11-22(21)29-13-14-3-8-18(23)20(25)9-14/h3-11,27H,2,12-13H2,1H3. The number of ether oxygens (including phenoxy) is 2. The Kier molecular flexibility index (Phi) is 7.48. The first-order chi connectivity index (χ1) is 14.0. The van der Waals surface area contributed by atoms with E-state index in [-0.39, 0.29) is 5.82 Å². The molecule has 0 unspecified atom stereocenters. The second kappa shape index (κ2) is 10.1. The number of rotatable bonds is 8. The lowest BCUT2D eigenvalue weighted by Gasteiger charge is -2.16. The van der Waals surface area contributed by atoms with Crippen LogP contribution < -0.4 is 14.8 Å². The molecule has 0 atom stereocenters. The third-order valence-electron chi connectivity index (χ3n) is 4.12. The van der Waals surface area contributed by atoms with E-state index in [1.165, 1.54) is 12.1 Å². The first-order valence-corrected chi connectivity index (χ1v) is 10.1. The van der Waals surface area contributed by atoms with Gasteiger partial charge in [-0.25, -0.2) is 4.39 Å². The molecule has 7 heteroatoms. The van der Waals surface area contributed by atoms with Crippen LogP contribution in [0, 0.1) is 5.82 Å². The van der Waals surface area contributed by atoms with Gasteiger partial charge in [0.2, 0.25) is 0 Å². The highest BCUT2D eigenvalue weighted by Gasteiger charge is 2.12. The van der Waals surface area contributed by atoms with Crippen molar-refractivity contribution in [1.29, 1.82) is 0 Å². The van der Waals surface area contributed by atoms with Crippen molar-refractivity contribution in [2.45, 2.75) is 20.1 Å². The molecule has 0 amide bonds. The SMILES string of the molecule is CCOc1cc(CNc2ccc(F)cc2)c(Cl)cc1OCc1ccc(Cl)c(Cl)c1. The van der Waals surface area contributed by atoms with Crippen LogP contribution in [0.1, 0.15) is 18.1 Å². The van der Waals surface area contributed by atoms with Gasteiger partial charge in [0.15, 0.2) is 11.5 Å². The molecule has 0 aromatic heterocycles. The van der Waals surface area contributed by atoms with Gasteiger partial charge in [-0.2, -0.15) is 0 Å². The molecule has 3 aromatic rings.